The van der Waals surface area contributed by atoms with E-state index in [-0.39, 0.29) is 5.91 Å². The summed E-state index contributed by atoms with van der Waals surface area (Å²) in [5, 5.41) is 0. The number of nitrogens with zero attached hydrogens (tertiary/aromatic N) is 1. The minimum Gasteiger partial charge on any atom is -0.309 e. The molecule has 1 aliphatic rings. The van der Waals surface area contributed by atoms with Gasteiger partial charge >= 0.3 is 0 Å². The summed E-state index contributed by atoms with van der Waals surface area (Å²) in [4.78, 5) is 14.3. The third kappa shape index (κ3) is 2.51. The van der Waals surface area contributed by atoms with Crippen LogP contribution in [0.1, 0.15) is 39.2 Å². The molecule has 0 bridgehead atoms. The van der Waals surface area contributed by atoms with Crippen LogP contribution in [-0.4, -0.2) is 11.9 Å². The quantitative estimate of drug-likeness (QED) is 0.764. The van der Waals surface area contributed by atoms with Crippen LogP contribution < -0.4 is 4.90 Å². The summed E-state index contributed by atoms with van der Waals surface area (Å²) in [6, 6.07) is 8.61. The molecular formula is C15H21NO. The van der Waals surface area contributed by atoms with Gasteiger partial charge in [0.1, 0.15) is 0 Å². The van der Waals surface area contributed by atoms with E-state index >= 15 is 0 Å². The molecular weight excluding hydrogens is 210 g/mol. The maximum atomic E-state index is 12.3. The Morgan fingerprint density at radius 2 is 2.12 bits per heavy atom. The highest BCUT2D eigenvalue weighted by molar-refractivity contribution is 5.95. The molecule has 17 heavy (non-hydrogen) atoms. The van der Waals surface area contributed by atoms with E-state index < -0.39 is 0 Å². The molecule has 2 heteroatoms. The van der Waals surface area contributed by atoms with Crippen LogP contribution in [0.5, 0.6) is 0 Å². The van der Waals surface area contributed by atoms with Crippen molar-refractivity contribution in [1.82, 2.24) is 0 Å². The number of carbonyl (C=O) groups excluding carboxylic acids is 1. The van der Waals surface area contributed by atoms with E-state index in [2.05, 4.69) is 39.0 Å². The fraction of sp³-hybridized carbons (Fsp3) is 0.533. The van der Waals surface area contributed by atoms with Gasteiger partial charge < -0.3 is 4.90 Å². The zero-order valence-corrected chi connectivity index (χ0v) is 10.9. The van der Waals surface area contributed by atoms with Crippen molar-refractivity contribution < 1.29 is 4.79 Å². The first-order chi connectivity index (χ1) is 8.09. The van der Waals surface area contributed by atoms with E-state index in [0.717, 1.165) is 18.5 Å². The minimum atomic E-state index is 0.264. The van der Waals surface area contributed by atoms with Crippen LogP contribution in [0.4, 0.5) is 5.69 Å². The molecule has 1 amide bonds. The smallest absolute Gasteiger partial charge is 0.227 e. The molecule has 0 radical (unpaired) electrons. The fourth-order valence-corrected chi connectivity index (χ4v) is 2.52. The lowest BCUT2D eigenvalue weighted by atomic mass is 9.95. The molecule has 1 aromatic carbocycles. The Balaban J connectivity index is 2.29. The number of carbonyl (C=O) groups is 1. The maximum Gasteiger partial charge on any atom is 0.227 e. The summed E-state index contributed by atoms with van der Waals surface area (Å²) in [6.45, 7) is 6.34. The van der Waals surface area contributed by atoms with Crippen LogP contribution in [0.2, 0.25) is 0 Å². The average Bonchev–Trinajstić information content (AvgIpc) is 2.27. The molecule has 0 aliphatic carbocycles. The van der Waals surface area contributed by atoms with Crippen molar-refractivity contribution in [2.75, 3.05) is 4.90 Å². The van der Waals surface area contributed by atoms with Crippen molar-refractivity contribution in [3.63, 3.8) is 0 Å². The summed E-state index contributed by atoms with van der Waals surface area (Å²) in [5.41, 5.74) is 2.43. The second-order valence-corrected chi connectivity index (χ2v) is 5.38. The Hall–Kier alpha value is -1.31. The number of anilines is 1. The van der Waals surface area contributed by atoms with Gasteiger partial charge in [-0.3, -0.25) is 4.79 Å². The molecule has 92 valence electrons. The Bertz CT molecular complexity index is 411. The molecule has 1 aromatic rings. The topological polar surface area (TPSA) is 20.3 Å². The van der Waals surface area contributed by atoms with Gasteiger partial charge in [-0.25, -0.2) is 0 Å². The number of amides is 1. The standard InChI is InChI=1S/C15H21NO/c1-11(2)10-15(17)16-12(3)8-9-13-6-4-5-7-14(13)16/h4-7,11-12H,8-10H2,1-3H3. The lowest BCUT2D eigenvalue weighted by molar-refractivity contribution is -0.119. The first kappa shape index (κ1) is 12.2. The number of hydrogen-bond acceptors (Lipinski definition) is 1. The van der Waals surface area contributed by atoms with Gasteiger partial charge in [-0.15, -0.1) is 0 Å². The highest BCUT2D eigenvalue weighted by atomic mass is 16.2. The predicted molar refractivity (Wildman–Crippen MR) is 71.2 cm³/mol. The van der Waals surface area contributed by atoms with E-state index in [9.17, 15) is 4.79 Å². The molecule has 0 N–H and O–H groups in total. The third-order valence-electron chi connectivity index (χ3n) is 3.37. The first-order valence-electron chi connectivity index (χ1n) is 6.49. The van der Waals surface area contributed by atoms with Crippen LogP contribution >= 0.6 is 0 Å². The van der Waals surface area contributed by atoms with E-state index in [1.807, 2.05) is 11.0 Å². The number of aryl methyl sites for hydroxylation is 1. The molecule has 1 aliphatic heterocycles. The summed E-state index contributed by atoms with van der Waals surface area (Å²) < 4.78 is 0. The number of rotatable bonds is 2. The second kappa shape index (κ2) is 4.91. The van der Waals surface area contributed by atoms with Crippen molar-refractivity contribution >= 4 is 11.6 Å². The molecule has 0 saturated heterocycles. The van der Waals surface area contributed by atoms with Gasteiger partial charge in [0.05, 0.1) is 0 Å². The highest BCUT2D eigenvalue weighted by Gasteiger charge is 2.27. The molecule has 0 aromatic heterocycles. The van der Waals surface area contributed by atoms with E-state index in [4.69, 9.17) is 0 Å². The summed E-state index contributed by atoms with van der Waals surface area (Å²) in [7, 11) is 0. The van der Waals surface area contributed by atoms with Crippen molar-refractivity contribution in [3.05, 3.63) is 29.8 Å². The Kier molecular flexibility index (Phi) is 3.51. The number of fused-ring (bicyclic) bond motifs is 1. The lowest BCUT2D eigenvalue weighted by Crippen LogP contribution is -2.42. The SMILES string of the molecule is CC(C)CC(=O)N1c2ccccc2CCC1C. The lowest BCUT2D eigenvalue weighted by Gasteiger charge is -2.35. The van der Waals surface area contributed by atoms with Crippen molar-refractivity contribution in [3.8, 4) is 0 Å². The van der Waals surface area contributed by atoms with Gasteiger partial charge in [-0.05, 0) is 37.3 Å². The van der Waals surface area contributed by atoms with Gasteiger partial charge in [0, 0.05) is 18.2 Å². The molecule has 2 rings (SSSR count). The third-order valence-corrected chi connectivity index (χ3v) is 3.37. The van der Waals surface area contributed by atoms with Crippen LogP contribution in [0.3, 0.4) is 0 Å². The van der Waals surface area contributed by atoms with Crippen LogP contribution in [0.15, 0.2) is 24.3 Å². The van der Waals surface area contributed by atoms with Gasteiger partial charge in [-0.2, -0.15) is 0 Å². The molecule has 2 nitrogen and oxygen atoms in total. The molecule has 0 saturated carbocycles. The first-order valence-corrected chi connectivity index (χ1v) is 6.49. The number of para-hydroxylation sites is 1. The van der Waals surface area contributed by atoms with Crippen LogP contribution in [0.25, 0.3) is 0 Å². The fourth-order valence-electron chi connectivity index (χ4n) is 2.52. The molecule has 1 unspecified atom stereocenters. The number of hydrogen-bond donors (Lipinski definition) is 0. The molecule has 0 fully saturated rings. The van der Waals surface area contributed by atoms with Crippen LogP contribution in [-0.2, 0) is 11.2 Å². The Morgan fingerprint density at radius 3 is 2.82 bits per heavy atom. The highest BCUT2D eigenvalue weighted by Crippen LogP contribution is 2.31. The Morgan fingerprint density at radius 1 is 1.41 bits per heavy atom. The zero-order chi connectivity index (χ0) is 12.4. The van der Waals surface area contributed by atoms with Crippen molar-refractivity contribution in [1.29, 1.82) is 0 Å². The minimum absolute atomic E-state index is 0.264. The van der Waals surface area contributed by atoms with Crippen molar-refractivity contribution in [2.45, 2.75) is 46.1 Å². The van der Waals surface area contributed by atoms with E-state index in [1.165, 1.54) is 5.56 Å². The van der Waals surface area contributed by atoms with Crippen molar-refractivity contribution in [2.24, 2.45) is 5.92 Å². The summed E-state index contributed by atoms with van der Waals surface area (Å²) in [5.74, 6) is 0.684. The van der Waals surface area contributed by atoms with Gasteiger partial charge in [0.2, 0.25) is 5.91 Å². The summed E-state index contributed by atoms with van der Waals surface area (Å²) >= 11 is 0. The maximum absolute atomic E-state index is 12.3. The Labute approximate surface area is 104 Å². The molecule has 0 spiro atoms. The largest absolute Gasteiger partial charge is 0.309 e. The van der Waals surface area contributed by atoms with E-state index in [1.54, 1.807) is 0 Å². The van der Waals surface area contributed by atoms with Gasteiger partial charge in [-0.1, -0.05) is 32.0 Å². The van der Waals surface area contributed by atoms with Gasteiger partial charge in [0.25, 0.3) is 0 Å². The summed E-state index contributed by atoms with van der Waals surface area (Å²) in [6.07, 6.45) is 2.79. The zero-order valence-electron chi connectivity index (χ0n) is 10.9. The van der Waals surface area contributed by atoms with Gasteiger partial charge in [0.15, 0.2) is 0 Å². The molecule has 1 heterocycles. The van der Waals surface area contributed by atoms with E-state index in [0.29, 0.717) is 18.4 Å². The monoisotopic (exact) mass is 231 g/mol. The van der Waals surface area contributed by atoms with Crippen LogP contribution in [0, 0.1) is 5.92 Å². The second-order valence-electron chi connectivity index (χ2n) is 5.38. The predicted octanol–water partition coefficient (Wildman–Crippen LogP) is 3.40. The normalized spacial score (nSPS) is 19.3. The average molecular weight is 231 g/mol. The number of benzene rings is 1. The molecule has 1 atom stereocenters.